The first kappa shape index (κ1) is 15.6. The quantitative estimate of drug-likeness (QED) is 0.613. The SMILES string of the molecule is C=C(C)COc1c(OC)cc(/C=C/C(=O)O)cc1OC. The molecule has 0 radical (unpaired) electrons. The highest BCUT2D eigenvalue weighted by molar-refractivity contribution is 5.85. The third-order valence-electron chi connectivity index (χ3n) is 2.36. The number of carbonyl (C=O) groups is 1. The topological polar surface area (TPSA) is 65.0 Å². The second kappa shape index (κ2) is 7.23. The predicted octanol–water partition coefficient (Wildman–Crippen LogP) is 2.76. The number of benzene rings is 1. The second-order valence-electron chi connectivity index (χ2n) is 4.17. The zero-order valence-electron chi connectivity index (χ0n) is 11.8. The molecule has 0 unspecified atom stereocenters. The van der Waals surface area contributed by atoms with Gasteiger partial charge in [-0.3, -0.25) is 0 Å². The fourth-order valence-electron chi connectivity index (χ4n) is 1.50. The van der Waals surface area contributed by atoms with Crippen molar-refractivity contribution in [3.63, 3.8) is 0 Å². The standard InChI is InChI=1S/C15H18O5/c1-10(2)9-20-15-12(18-3)7-11(5-6-14(16)17)8-13(15)19-4/h5-8H,1,9H2,2-4H3,(H,16,17)/b6-5+. The minimum atomic E-state index is -1.02. The number of methoxy groups -OCH3 is 2. The Bertz CT molecular complexity index is 506. The van der Waals surface area contributed by atoms with E-state index < -0.39 is 5.97 Å². The van der Waals surface area contributed by atoms with E-state index in [2.05, 4.69) is 6.58 Å². The van der Waals surface area contributed by atoms with Gasteiger partial charge in [-0.1, -0.05) is 6.58 Å². The van der Waals surface area contributed by atoms with Gasteiger partial charge in [-0.25, -0.2) is 4.79 Å². The van der Waals surface area contributed by atoms with Crippen molar-refractivity contribution in [3.8, 4) is 17.2 Å². The molecule has 1 aromatic carbocycles. The zero-order chi connectivity index (χ0) is 15.1. The smallest absolute Gasteiger partial charge is 0.328 e. The van der Waals surface area contributed by atoms with Gasteiger partial charge in [0.1, 0.15) is 6.61 Å². The summed E-state index contributed by atoms with van der Waals surface area (Å²) in [6.45, 7) is 5.96. The van der Waals surface area contributed by atoms with Crippen molar-refractivity contribution in [1.82, 2.24) is 0 Å². The predicted molar refractivity (Wildman–Crippen MR) is 76.5 cm³/mol. The summed E-state index contributed by atoms with van der Waals surface area (Å²) in [5.74, 6) is 0.377. The van der Waals surface area contributed by atoms with Crippen molar-refractivity contribution in [2.45, 2.75) is 6.92 Å². The van der Waals surface area contributed by atoms with Crippen LogP contribution in [0.2, 0.25) is 0 Å². The molecule has 1 aromatic rings. The fraction of sp³-hybridized carbons (Fsp3) is 0.267. The Morgan fingerprint density at radius 1 is 1.30 bits per heavy atom. The molecule has 5 nitrogen and oxygen atoms in total. The summed E-state index contributed by atoms with van der Waals surface area (Å²) in [6, 6.07) is 3.35. The number of rotatable bonds is 7. The molecule has 0 aliphatic rings. The number of hydrogen-bond acceptors (Lipinski definition) is 4. The van der Waals surface area contributed by atoms with E-state index in [4.69, 9.17) is 19.3 Å². The molecule has 1 N–H and O–H groups in total. The number of ether oxygens (including phenoxy) is 3. The molecule has 0 spiro atoms. The number of carboxylic acid groups (broad SMARTS) is 1. The highest BCUT2D eigenvalue weighted by Crippen LogP contribution is 2.39. The lowest BCUT2D eigenvalue weighted by Gasteiger charge is -2.15. The molecule has 0 aliphatic heterocycles. The Balaban J connectivity index is 3.17. The van der Waals surface area contributed by atoms with E-state index in [9.17, 15) is 4.79 Å². The molecule has 0 aromatic heterocycles. The van der Waals surface area contributed by atoms with Gasteiger partial charge in [-0.15, -0.1) is 0 Å². The normalized spacial score (nSPS) is 10.3. The van der Waals surface area contributed by atoms with Gasteiger partial charge in [0.15, 0.2) is 11.5 Å². The van der Waals surface area contributed by atoms with Gasteiger partial charge >= 0.3 is 5.97 Å². The van der Waals surface area contributed by atoms with Crippen molar-refractivity contribution in [2.75, 3.05) is 20.8 Å². The maximum atomic E-state index is 10.5. The fourth-order valence-corrected chi connectivity index (χ4v) is 1.50. The molecule has 0 bridgehead atoms. The van der Waals surface area contributed by atoms with E-state index in [0.29, 0.717) is 29.4 Å². The Labute approximate surface area is 118 Å². The molecule has 0 aliphatic carbocycles. The largest absolute Gasteiger partial charge is 0.493 e. The van der Waals surface area contributed by atoms with Crippen LogP contribution in [0.1, 0.15) is 12.5 Å². The van der Waals surface area contributed by atoms with Crippen LogP contribution in [0.15, 0.2) is 30.4 Å². The molecular weight excluding hydrogens is 260 g/mol. The monoisotopic (exact) mass is 278 g/mol. The highest BCUT2D eigenvalue weighted by Gasteiger charge is 2.13. The van der Waals surface area contributed by atoms with Gasteiger partial charge in [-0.2, -0.15) is 0 Å². The summed E-state index contributed by atoms with van der Waals surface area (Å²) in [4.78, 5) is 10.5. The van der Waals surface area contributed by atoms with Gasteiger partial charge in [0.05, 0.1) is 14.2 Å². The zero-order valence-corrected chi connectivity index (χ0v) is 11.8. The maximum Gasteiger partial charge on any atom is 0.328 e. The molecule has 0 atom stereocenters. The van der Waals surface area contributed by atoms with Gasteiger partial charge in [-0.05, 0) is 36.3 Å². The third kappa shape index (κ3) is 4.35. The Kier molecular flexibility index (Phi) is 5.65. The van der Waals surface area contributed by atoms with E-state index in [-0.39, 0.29) is 0 Å². The van der Waals surface area contributed by atoms with E-state index >= 15 is 0 Å². The molecule has 0 heterocycles. The number of hydrogen-bond donors (Lipinski definition) is 1. The van der Waals surface area contributed by atoms with E-state index in [1.165, 1.54) is 20.3 Å². The summed E-state index contributed by atoms with van der Waals surface area (Å²) in [5.41, 5.74) is 1.51. The lowest BCUT2D eigenvalue weighted by molar-refractivity contribution is -0.131. The minimum Gasteiger partial charge on any atom is -0.493 e. The van der Waals surface area contributed by atoms with Crippen molar-refractivity contribution in [3.05, 3.63) is 35.9 Å². The summed E-state index contributed by atoms with van der Waals surface area (Å²) >= 11 is 0. The molecule has 0 fully saturated rings. The maximum absolute atomic E-state index is 10.5. The average Bonchev–Trinajstić information content (AvgIpc) is 2.42. The van der Waals surface area contributed by atoms with Crippen LogP contribution in [-0.2, 0) is 4.79 Å². The summed E-state index contributed by atoms with van der Waals surface area (Å²) in [7, 11) is 3.01. The van der Waals surface area contributed by atoms with Gasteiger partial charge in [0.2, 0.25) is 5.75 Å². The van der Waals surface area contributed by atoms with E-state index in [1.54, 1.807) is 12.1 Å². The van der Waals surface area contributed by atoms with Crippen LogP contribution in [0, 0.1) is 0 Å². The van der Waals surface area contributed by atoms with Crippen LogP contribution >= 0.6 is 0 Å². The minimum absolute atomic E-state index is 0.344. The van der Waals surface area contributed by atoms with Crippen molar-refractivity contribution in [2.24, 2.45) is 0 Å². The van der Waals surface area contributed by atoms with Crippen LogP contribution < -0.4 is 14.2 Å². The van der Waals surface area contributed by atoms with Gasteiger partial charge < -0.3 is 19.3 Å². The highest BCUT2D eigenvalue weighted by atomic mass is 16.5. The van der Waals surface area contributed by atoms with E-state index in [1.807, 2.05) is 6.92 Å². The molecule has 0 saturated heterocycles. The van der Waals surface area contributed by atoms with Gasteiger partial charge in [0, 0.05) is 6.08 Å². The van der Waals surface area contributed by atoms with Crippen molar-refractivity contribution >= 4 is 12.0 Å². The van der Waals surface area contributed by atoms with Crippen LogP contribution in [0.4, 0.5) is 0 Å². The Morgan fingerprint density at radius 3 is 2.25 bits per heavy atom. The Hall–Kier alpha value is -2.43. The molecule has 5 heteroatoms. The van der Waals surface area contributed by atoms with Crippen LogP contribution in [0.3, 0.4) is 0 Å². The number of aliphatic carboxylic acids is 1. The van der Waals surface area contributed by atoms with E-state index in [0.717, 1.165) is 11.6 Å². The first-order valence-electron chi connectivity index (χ1n) is 5.92. The molecule has 0 amide bonds. The van der Waals surface area contributed by atoms with Crippen LogP contribution in [0.25, 0.3) is 6.08 Å². The first-order chi connectivity index (χ1) is 9.47. The molecular formula is C15H18O5. The van der Waals surface area contributed by atoms with Crippen molar-refractivity contribution in [1.29, 1.82) is 0 Å². The number of carboxylic acids is 1. The molecule has 0 saturated carbocycles. The van der Waals surface area contributed by atoms with Gasteiger partial charge in [0.25, 0.3) is 0 Å². The van der Waals surface area contributed by atoms with Crippen LogP contribution in [0.5, 0.6) is 17.2 Å². The third-order valence-corrected chi connectivity index (χ3v) is 2.36. The Morgan fingerprint density at radius 2 is 1.85 bits per heavy atom. The summed E-state index contributed by atoms with van der Waals surface area (Å²) in [6.07, 6.45) is 2.50. The lowest BCUT2D eigenvalue weighted by atomic mass is 10.1. The average molecular weight is 278 g/mol. The molecule has 20 heavy (non-hydrogen) atoms. The second-order valence-corrected chi connectivity index (χ2v) is 4.17. The molecule has 108 valence electrons. The van der Waals surface area contributed by atoms with Crippen molar-refractivity contribution < 1.29 is 24.1 Å². The summed E-state index contributed by atoms with van der Waals surface area (Å²) in [5, 5.41) is 8.64. The first-order valence-corrected chi connectivity index (χ1v) is 5.92. The lowest BCUT2D eigenvalue weighted by Crippen LogP contribution is -2.02. The van der Waals surface area contributed by atoms with Crippen LogP contribution in [-0.4, -0.2) is 31.9 Å². The summed E-state index contributed by atoms with van der Waals surface area (Å²) < 4.78 is 16.1. The molecule has 1 rings (SSSR count).